The fraction of sp³-hybridized carbons (Fsp3) is 0.375. The number of benzene rings is 1. The van der Waals surface area contributed by atoms with Gasteiger partial charge in [-0.1, -0.05) is 38.1 Å². The number of hydrogen-bond acceptors (Lipinski definition) is 0. The minimum absolute atomic E-state index is 0.595. The summed E-state index contributed by atoms with van der Waals surface area (Å²) >= 11 is 0. The summed E-state index contributed by atoms with van der Waals surface area (Å²) in [5, 5.41) is 0. The van der Waals surface area contributed by atoms with Gasteiger partial charge in [-0.2, -0.15) is 0 Å². The fourth-order valence-electron chi connectivity index (χ4n) is 2.70. The van der Waals surface area contributed by atoms with Gasteiger partial charge < -0.3 is 4.98 Å². The second-order valence-electron chi connectivity index (χ2n) is 5.33. The van der Waals surface area contributed by atoms with Crippen molar-refractivity contribution < 1.29 is 0 Å². The number of fused-ring (bicyclic) bond motifs is 2. The van der Waals surface area contributed by atoms with E-state index in [0.29, 0.717) is 5.92 Å². The Hall–Kier alpha value is -1.50. The molecule has 1 aliphatic rings. The largest absolute Gasteiger partial charge is 0.362 e. The molecular formula is C16H19N. The lowest BCUT2D eigenvalue weighted by atomic mass is 10.0. The molecule has 0 amide bonds. The molecule has 1 aliphatic carbocycles. The van der Waals surface area contributed by atoms with E-state index in [4.69, 9.17) is 0 Å². The standard InChI is InChI=1S/C16H19N/c1-11(2)16-10-14-9-13-6-4-3-5-12(13)7-8-15(14)17-16/h3-6,10-11,17H,7-9H2,1-2H3. The van der Waals surface area contributed by atoms with Crippen LogP contribution in [-0.2, 0) is 19.3 Å². The van der Waals surface area contributed by atoms with E-state index in [0.717, 1.165) is 12.8 Å². The lowest BCUT2D eigenvalue weighted by Gasteiger charge is -2.04. The second kappa shape index (κ2) is 4.06. The normalized spacial score (nSPS) is 14.3. The molecule has 1 aromatic carbocycles. The SMILES string of the molecule is CC(C)c1cc2c([nH]1)CCc1ccccc1C2. The molecule has 1 heteroatoms. The molecule has 1 N–H and O–H groups in total. The Morgan fingerprint density at radius 3 is 2.53 bits per heavy atom. The molecule has 0 saturated heterocycles. The lowest BCUT2D eigenvalue weighted by molar-refractivity contribution is 0.816. The maximum atomic E-state index is 3.61. The molecule has 1 aromatic heterocycles. The average molecular weight is 225 g/mol. The molecule has 17 heavy (non-hydrogen) atoms. The van der Waals surface area contributed by atoms with Crippen LogP contribution in [0.25, 0.3) is 0 Å². The van der Waals surface area contributed by atoms with E-state index >= 15 is 0 Å². The molecule has 0 atom stereocenters. The van der Waals surface area contributed by atoms with Crippen LogP contribution in [0.4, 0.5) is 0 Å². The zero-order valence-electron chi connectivity index (χ0n) is 10.6. The number of H-pyrrole nitrogens is 1. The first-order valence-electron chi connectivity index (χ1n) is 6.51. The Balaban J connectivity index is 2.01. The summed E-state index contributed by atoms with van der Waals surface area (Å²) in [5.41, 5.74) is 7.35. The summed E-state index contributed by atoms with van der Waals surface area (Å²) in [6.07, 6.45) is 3.41. The fourth-order valence-corrected chi connectivity index (χ4v) is 2.70. The van der Waals surface area contributed by atoms with Crippen molar-refractivity contribution in [2.75, 3.05) is 0 Å². The molecule has 0 spiro atoms. The maximum absolute atomic E-state index is 3.61. The van der Waals surface area contributed by atoms with Crippen LogP contribution in [0.3, 0.4) is 0 Å². The Labute approximate surface area is 103 Å². The summed E-state index contributed by atoms with van der Waals surface area (Å²) < 4.78 is 0. The van der Waals surface area contributed by atoms with E-state index in [1.807, 2.05) is 0 Å². The van der Waals surface area contributed by atoms with Crippen molar-refractivity contribution in [1.29, 1.82) is 0 Å². The van der Waals surface area contributed by atoms with Crippen molar-refractivity contribution >= 4 is 0 Å². The van der Waals surface area contributed by atoms with E-state index in [2.05, 4.69) is 49.2 Å². The smallest absolute Gasteiger partial charge is 0.0188 e. The topological polar surface area (TPSA) is 15.8 Å². The minimum atomic E-state index is 0.595. The minimum Gasteiger partial charge on any atom is -0.362 e. The molecular weight excluding hydrogens is 206 g/mol. The number of nitrogens with one attached hydrogen (secondary N) is 1. The van der Waals surface area contributed by atoms with Crippen molar-refractivity contribution in [2.45, 2.75) is 39.0 Å². The first kappa shape index (κ1) is 10.6. The van der Waals surface area contributed by atoms with Gasteiger partial charge in [0, 0.05) is 11.4 Å². The van der Waals surface area contributed by atoms with Gasteiger partial charge in [0.1, 0.15) is 0 Å². The number of aryl methyl sites for hydroxylation is 2. The van der Waals surface area contributed by atoms with Crippen molar-refractivity contribution in [2.24, 2.45) is 0 Å². The van der Waals surface area contributed by atoms with Crippen LogP contribution >= 0.6 is 0 Å². The summed E-state index contributed by atoms with van der Waals surface area (Å²) in [6, 6.07) is 11.2. The molecule has 0 unspecified atom stereocenters. The Kier molecular flexibility index (Phi) is 2.54. The monoisotopic (exact) mass is 225 g/mol. The third-order valence-electron chi connectivity index (χ3n) is 3.78. The number of aromatic nitrogens is 1. The van der Waals surface area contributed by atoms with Crippen LogP contribution in [0.1, 0.15) is 47.8 Å². The van der Waals surface area contributed by atoms with Crippen LogP contribution in [0.2, 0.25) is 0 Å². The van der Waals surface area contributed by atoms with Crippen molar-refractivity contribution in [3.8, 4) is 0 Å². The molecule has 3 rings (SSSR count). The summed E-state index contributed by atoms with van der Waals surface area (Å²) in [6.45, 7) is 4.50. The van der Waals surface area contributed by atoms with Gasteiger partial charge in [-0.3, -0.25) is 0 Å². The zero-order valence-corrected chi connectivity index (χ0v) is 10.6. The van der Waals surface area contributed by atoms with E-state index in [1.54, 1.807) is 0 Å². The summed E-state index contributed by atoms with van der Waals surface area (Å²) in [5.74, 6) is 0.595. The highest BCUT2D eigenvalue weighted by atomic mass is 14.7. The first-order chi connectivity index (χ1) is 8.24. The van der Waals surface area contributed by atoms with Crippen LogP contribution in [0.5, 0.6) is 0 Å². The van der Waals surface area contributed by atoms with Gasteiger partial charge in [0.05, 0.1) is 0 Å². The third kappa shape index (κ3) is 1.90. The van der Waals surface area contributed by atoms with Gasteiger partial charge in [0.25, 0.3) is 0 Å². The van der Waals surface area contributed by atoms with Gasteiger partial charge >= 0.3 is 0 Å². The molecule has 88 valence electrons. The highest BCUT2D eigenvalue weighted by Crippen LogP contribution is 2.26. The van der Waals surface area contributed by atoms with Gasteiger partial charge in [-0.05, 0) is 47.9 Å². The highest BCUT2D eigenvalue weighted by Gasteiger charge is 2.16. The van der Waals surface area contributed by atoms with E-state index in [-0.39, 0.29) is 0 Å². The molecule has 0 saturated carbocycles. The average Bonchev–Trinajstić information content (AvgIpc) is 2.64. The molecule has 1 heterocycles. The van der Waals surface area contributed by atoms with Crippen LogP contribution in [-0.4, -0.2) is 4.98 Å². The predicted octanol–water partition coefficient (Wildman–Crippen LogP) is 3.83. The van der Waals surface area contributed by atoms with Crippen molar-refractivity contribution in [1.82, 2.24) is 4.98 Å². The molecule has 1 nitrogen and oxygen atoms in total. The molecule has 0 fully saturated rings. The van der Waals surface area contributed by atoms with E-state index in [9.17, 15) is 0 Å². The van der Waals surface area contributed by atoms with Gasteiger partial charge in [0.2, 0.25) is 0 Å². The Morgan fingerprint density at radius 1 is 1.00 bits per heavy atom. The van der Waals surface area contributed by atoms with Crippen LogP contribution in [0.15, 0.2) is 30.3 Å². The zero-order chi connectivity index (χ0) is 11.8. The molecule has 0 aliphatic heterocycles. The first-order valence-corrected chi connectivity index (χ1v) is 6.51. The van der Waals surface area contributed by atoms with Crippen LogP contribution < -0.4 is 0 Å². The highest BCUT2D eigenvalue weighted by molar-refractivity contribution is 5.40. The lowest BCUT2D eigenvalue weighted by Crippen LogP contribution is -1.93. The van der Waals surface area contributed by atoms with Gasteiger partial charge in [0.15, 0.2) is 0 Å². The Bertz CT molecular complexity index is 534. The second-order valence-corrected chi connectivity index (χ2v) is 5.33. The van der Waals surface area contributed by atoms with Gasteiger partial charge in [-0.15, -0.1) is 0 Å². The number of hydrogen-bond donors (Lipinski definition) is 1. The maximum Gasteiger partial charge on any atom is 0.0188 e. The third-order valence-corrected chi connectivity index (χ3v) is 3.78. The van der Waals surface area contributed by atoms with E-state index in [1.165, 1.54) is 34.5 Å². The Morgan fingerprint density at radius 2 is 1.76 bits per heavy atom. The van der Waals surface area contributed by atoms with Crippen molar-refractivity contribution in [3.63, 3.8) is 0 Å². The number of rotatable bonds is 1. The van der Waals surface area contributed by atoms with E-state index < -0.39 is 0 Å². The molecule has 2 aromatic rings. The molecule has 0 radical (unpaired) electrons. The number of aromatic amines is 1. The van der Waals surface area contributed by atoms with Gasteiger partial charge in [-0.25, -0.2) is 0 Å². The predicted molar refractivity (Wildman–Crippen MR) is 71.5 cm³/mol. The van der Waals surface area contributed by atoms with Crippen LogP contribution in [0, 0.1) is 0 Å². The molecule has 0 bridgehead atoms. The summed E-state index contributed by atoms with van der Waals surface area (Å²) in [7, 11) is 0. The summed E-state index contributed by atoms with van der Waals surface area (Å²) in [4.78, 5) is 3.61. The van der Waals surface area contributed by atoms with Crippen molar-refractivity contribution in [3.05, 3.63) is 58.4 Å². The quantitative estimate of drug-likeness (QED) is 0.759.